The van der Waals surface area contributed by atoms with Gasteiger partial charge in [-0.25, -0.2) is 0 Å². The highest BCUT2D eigenvalue weighted by molar-refractivity contribution is 9.10. The Balaban J connectivity index is 2.67. The van der Waals surface area contributed by atoms with Crippen molar-refractivity contribution in [3.63, 3.8) is 0 Å². The zero-order valence-electron chi connectivity index (χ0n) is 11.8. The number of hydrogen-bond donors (Lipinski definition) is 1. The largest absolute Gasteiger partial charge is 0.493 e. The molecule has 1 rings (SSSR count). The van der Waals surface area contributed by atoms with Gasteiger partial charge >= 0.3 is 0 Å². The van der Waals surface area contributed by atoms with Gasteiger partial charge in [0.05, 0.1) is 18.2 Å². The lowest BCUT2D eigenvalue weighted by Gasteiger charge is -2.13. The predicted octanol–water partition coefficient (Wildman–Crippen LogP) is 3.91. The van der Waals surface area contributed by atoms with Crippen LogP contribution in [-0.2, 0) is 6.54 Å². The van der Waals surface area contributed by atoms with Gasteiger partial charge in [-0.05, 0) is 60.4 Å². The van der Waals surface area contributed by atoms with Gasteiger partial charge in [-0.1, -0.05) is 12.2 Å². The summed E-state index contributed by atoms with van der Waals surface area (Å²) in [5.74, 6) is 1.53. The minimum absolute atomic E-state index is 0.621. The summed E-state index contributed by atoms with van der Waals surface area (Å²) in [5, 5.41) is 3.40. The van der Waals surface area contributed by atoms with Crippen LogP contribution in [0.3, 0.4) is 0 Å². The molecule has 0 saturated carbocycles. The summed E-state index contributed by atoms with van der Waals surface area (Å²) in [6.07, 6.45) is 5.27. The Morgan fingerprint density at radius 2 is 2.16 bits per heavy atom. The molecule has 0 fully saturated rings. The quantitative estimate of drug-likeness (QED) is 0.580. The van der Waals surface area contributed by atoms with Crippen molar-refractivity contribution >= 4 is 15.9 Å². The van der Waals surface area contributed by atoms with Crippen LogP contribution >= 0.6 is 15.9 Å². The minimum Gasteiger partial charge on any atom is -0.493 e. The van der Waals surface area contributed by atoms with Crippen LogP contribution in [0.1, 0.15) is 25.8 Å². The van der Waals surface area contributed by atoms with Crippen LogP contribution < -0.4 is 14.8 Å². The SMILES string of the molecule is C/C=C/CCNCc1cc(Br)c(OCC)c(OC)c1. The zero-order valence-corrected chi connectivity index (χ0v) is 13.4. The van der Waals surface area contributed by atoms with E-state index in [9.17, 15) is 0 Å². The van der Waals surface area contributed by atoms with E-state index in [2.05, 4.69) is 39.5 Å². The highest BCUT2D eigenvalue weighted by atomic mass is 79.9. The van der Waals surface area contributed by atoms with E-state index in [1.807, 2.05) is 19.9 Å². The molecule has 3 nitrogen and oxygen atoms in total. The first-order chi connectivity index (χ1) is 9.22. The molecule has 0 heterocycles. The fraction of sp³-hybridized carbons (Fsp3) is 0.467. The summed E-state index contributed by atoms with van der Waals surface area (Å²) in [6, 6.07) is 4.08. The van der Waals surface area contributed by atoms with Crippen molar-refractivity contribution in [2.75, 3.05) is 20.3 Å². The molecule has 0 atom stereocenters. The van der Waals surface area contributed by atoms with E-state index >= 15 is 0 Å². The second kappa shape index (κ2) is 8.99. The molecule has 0 amide bonds. The van der Waals surface area contributed by atoms with Crippen molar-refractivity contribution in [2.45, 2.75) is 26.8 Å². The van der Waals surface area contributed by atoms with Crippen LogP contribution in [-0.4, -0.2) is 20.3 Å². The lowest BCUT2D eigenvalue weighted by Crippen LogP contribution is -2.14. The smallest absolute Gasteiger partial charge is 0.175 e. The number of nitrogens with one attached hydrogen (secondary N) is 1. The number of methoxy groups -OCH3 is 1. The van der Waals surface area contributed by atoms with E-state index in [0.29, 0.717) is 6.61 Å². The number of allylic oxidation sites excluding steroid dienone is 1. The maximum absolute atomic E-state index is 5.57. The van der Waals surface area contributed by atoms with Crippen molar-refractivity contribution in [3.8, 4) is 11.5 Å². The van der Waals surface area contributed by atoms with Crippen LogP contribution in [0.4, 0.5) is 0 Å². The van der Waals surface area contributed by atoms with E-state index in [1.165, 1.54) is 5.56 Å². The highest BCUT2D eigenvalue weighted by Crippen LogP contribution is 2.36. The van der Waals surface area contributed by atoms with Crippen LogP contribution in [0.25, 0.3) is 0 Å². The van der Waals surface area contributed by atoms with E-state index in [1.54, 1.807) is 7.11 Å². The number of halogens is 1. The van der Waals surface area contributed by atoms with Gasteiger partial charge in [0.25, 0.3) is 0 Å². The zero-order chi connectivity index (χ0) is 14.1. The first kappa shape index (κ1) is 16.1. The second-order valence-electron chi connectivity index (χ2n) is 4.08. The van der Waals surface area contributed by atoms with Crippen LogP contribution in [0.5, 0.6) is 11.5 Å². The molecule has 4 heteroatoms. The summed E-state index contributed by atoms with van der Waals surface area (Å²) < 4.78 is 11.9. The van der Waals surface area contributed by atoms with Gasteiger partial charge in [-0.3, -0.25) is 0 Å². The molecule has 0 aliphatic carbocycles. The Hall–Kier alpha value is -1.00. The van der Waals surface area contributed by atoms with Gasteiger partial charge < -0.3 is 14.8 Å². The Morgan fingerprint density at radius 3 is 2.79 bits per heavy atom. The van der Waals surface area contributed by atoms with Crippen molar-refractivity contribution in [2.24, 2.45) is 0 Å². The summed E-state index contributed by atoms with van der Waals surface area (Å²) in [6.45, 7) is 6.41. The van der Waals surface area contributed by atoms with E-state index in [-0.39, 0.29) is 0 Å². The fourth-order valence-corrected chi connectivity index (χ4v) is 2.35. The molecular formula is C15H22BrNO2. The number of rotatable bonds is 8. The van der Waals surface area contributed by atoms with E-state index < -0.39 is 0 Å². The van der Waals surface area contributed by atoms with Crippen molar-refractivity contribution in [1.82, 2.24) is 5.32 Å². The molecule has 1 aromatic rings. The monoisotopic (exact) mass is 327 g/mol. The summed E-state index contributed by atoms with van der Waals surface area (Å²) in [7, 11) is 1.66. The van der Waals surface area contributed by atoms with Gasteiger partial charge in [0, 0.05) is 6.54 Å². The highest BCUT2D eigenvalue weighted by Gasteiger charge is 2.10. The minimum atomic E-state index is 0.621. The molecule has 0 aromatic heterocycles. The van der Waals surface area contributed by atoms with Crippen LogP contribution in [0.2, 0.25) is 0 Å². The van der Waals surface area contributed by atoms with Crippen molar-refractivity contribution in [1.29, 1.82) is 0 Å². The normalized spacial score (nSPS) is 10.9. The Labute approximate surface area is 124 Å². The lowest BCUT2D eigenvalue weighted by molar-refractivity contribution is 0.308. The van der Waals surface area contributed by atoms with Gasteiger partial charge in [0.15, 0.2) is 11.5 Å². The number of hydrogen-bond acceptors (Lipinski definition) is 3. The van der Waals surface area contributed by atoms with Crippen LogP contribution in [0, 0.1) is 0 Å². The Kier molecular flexibility index (Phi) is 7.60. The first-order valence-corrected chi connectivity index (χ1v) is 7.33. The maximum atomic E-state index is 5.57. The summed E-state index contributed by atoms with van der Waals surface area (Å²) >= 11 is 3.53. The number of ether oxygens (including phenoxy) is 2. The third-order valence-corrected chi connectivity index (χ3v) is 3.22. The average molecular weight is 328 g/mol. The van der Waals surface area contributed by atoms with E-state index in [0.717, 1.165) is 35.5 Å². The molecule has 0 spiro atoms. The topological polar surface area (TPSA) is 30.5 Å². The van der Waals surface area contributed by atoms with Gasteiger partial charge in [0.2, 0.25) is 0 Å². The molecule has 0 saturated heterocycles. The third kappa shape index (κ3) is 5.25. The van der Waals surface area contributed by atoms with Gasteiger partial charge in [-0.15, -0.1) is 0 Å². The van der Waals surface area contributed by atoms with Crippen molar-refractivity contribution < 1.29 is 9.47 Å². The van der Waals surface area contributed by atoms with Gasteiger partial charge in [-0.2, -0.15) is 0 Å². The fourth-order valence-electron chi connectivity index (χ4n) is 1.74. The van der Waals surface area contributed by atoms with Gasteiger partial charge in [0.1, 0.15) is 0 Å². The molecule has 19 heavy (non-hydrogen) atoms. The standard InChI is InChI=1S/C15H22BrNO2/c1-4-6-7-8-17-11-12-9-13(16)15(19-5-2)14(10-12)18-3/h4,6,9-10,17H,5,7-8,11H2,1-3H3/b6-4+. The van der Waals surface area contributed by atoms with E-state index in [4.69, 9.17) is 9.47 Å². The summed E-state index contributed by atoms with van der Waals surface area (Å²) in [4.78, 5) is 0. The second-order valence-corrected chi connectivity index (χ2v) is 4.93. The molecule has 0 aliphatic rings. The lowest BCUT2D eigenvalue weighted by atomic mass is 10.2. The molecule has 106 valence electrons. The molecule has 1 aromatic carbocycles. The number of benzene rings is 1. The molecular weight excluding hydrogens is 306 g/mol. The average Bonchev–Trinajstić information content (AvgIpc) is 2.41. The Morgan fingerprint density at radius 1 is 1.37 bits per heavy atom. The maximum Gasteiger partial charge on any atom is 0.175 e. The summed E-state index contributed by atoms with van der Waals surface area (Å²) in [5.41, 5.74) is 1.17. The molecule has 0 aliphatic heterocycles. The van der Waals surface area contributed by atoms with Crippen LogP contribution in [0.15, 0.2) is 28.8 Å². The molecule has 1 N–H and O–H groups in total. The molecule has 0 radical (unpaired) electrons. The predicted molar refractivity (Wildman–Crippen MR) is 83.0 cm³/mol. The van der Waals surface area contributed by atoms with Crippen molar-refractivity contribution in [3.05, 3.63) is 34.3 Å². The molecule has 0 unspecified atom stereocenters. The Bertz CT molecular complexity index is 419. The third-order valence-electron chi connectivity index (χ3n) is 2.63. The molecule has 0 bridgehead atoms. The first-order valence-electron chi connectivity index (χ1n) is 6.54.